The Morgan fingerprint density at radius 2 is 2.20 bits per heavy atom. The highest BCUT2D eigenvalue weighted by Crippen LogP contribution is 2.15. The molecule has 0 unspecified atom stereocenters. The predicted octanol–water partition coefficient (Wildman–Crippen LogP) is 1.11. The van der Waals surface area contributed by atoms with Crippen molar-refractivity contribution in [1.82, 2.24) is 4.31 Å². The lowest BCUT2D eigenvalue weighted by Gasteiger charge is -2.14. The summed E-state index contributed by atoms with van der Waals surface area (Å²) in [4.78, 5) is 0. The molecule has 0 aliphatic carbocycles. The molecule has 1 atom stereocenters. The smallest absolute Gasteiger partial charge is 0.0553 e. The van der Waals surface area contributed by atoms with Crippen LogP contribution in [0.1, 0.15) is 19.3 Å². The Kier molecular flexibility index (Phi) is 3.52. The molecular weight excluding hydrogens is 146 g/mol. The number of rotatable bonds is 1. The predicted molar refractivity (Wildman–Crippen MR) is 44.9 cm³/mol. The second kappa shape index (κ2) is 4.21. The first-order valence-electron chi connectivity index (χ1n) is 3.80. The van der Waals surface area contributed by atoms with Gasteiger partial charge in [-0.1, -0.05) is 11.9 Å². The Morgan fingerprint density at radius 3 is 2.90 bits per heavy atom. The molecule has 0 aromatic rings. The summed E-state index contributed by atoms with van der Waals surface area (Å²) in [6.45, 7) is 2.18. The average Bonchev–Trinajstić information content (AvgIpc) is 2.14. The van der Waals surface area contributed by atoms with E-state index in [0.29, 0.717) is 0 Å². The molecule has 0 amide bonds. The van der Waals surface area contributed by atoms with Crippen molar-refractivity contribution in [1.29, 1.82) is 0 Å². The van der Waals surface area contributed by atoms with Gasteiger partial charge in [-0.15, -0.1) is 0 Å². The number of hydrogen-bond donors (Lipinski definition) is 1. The molecule has 2 nitrogen and oxygen atoms in total. The Bertz CT molecular complexity index is 99.6. The van der Waals surface area contributed by atoms with Crippen molar-refractivity contribution in [3.8, 4) is 0 Å². The van der Waals surface area contributed by atoms with E-state index in [1.165, 1.54) is 0 Å². The van der Waals surface area contributed by atoms with Gasteiger partial charge in [0.05, 0.1) is 6.10 Å². The number of aliphatic hydroxyl groups excluding tert-OH is 1. The molecule has 0 radical (unpaired) electrons. The summed E-state index contributed by atoms with van der Waals surface area (Å²) in [6.07, 6.45) is 5.12. The maximum atomic E-state index is 9.27. The minimum Gasteiger partial charge on any atom is -0.393 e. The summed E-state index contributed by atoms with van der Waals surface area (Å²) in [6, 6.07) is 0. The van der Waals surface area contributed by atoms with Gasteiger partial charge in [-0.25, -0.2) is 0 Å². The van der Waals surface area contributed by atoms with Gasteiger partial charge < -0.3 is 5.11 Å². The van der Waals surface area contributed by atoms with Crippen molar-refractivity contribution in [2.75, 3.05) is 19.3 Å². The SMILES string of the molecule is CSN1CCC[C@H](O)CC1. The summed E-state index contributed by atoms with van der Waals surface area (Å²) in [5.74, 6) is 0. The van der Waals surface area contributed by atoms with Crippen molar-refractivity contribution in [3.63, 3.8) is 0 Å². The van der Waals surface area contributed by atoms with Gasteiger partial charge in [-0.2, -0.15) is 0 Å². The largest absolute Gasteiger partial charge is 0.393 e. The zero-order valence-electron chi connectivity index (χ0n) is 6.42. The molecule has 3 heteroatoms. The Morgan fingerprint density at radius 1 is 1.40 bits per heavy atom. The molecule has 1 heterocycles. The lowest BCUT2D eigenvalue weighted by molar-refractivity contribution is 0.159. The van der Waals surface area contributed by atoms with E-state index in [2.05, 4.69) is 10.6 Å². The summed E-state index contributed by atoms with van der Waals surface area (Å²) >= 11 is 1.78. The average molecular weight is 161 g/mol. The van der Waals surface area contributed by atoms with E-state index in [0.717, 1.165) is 32.4 Å². The van der Waals surface area contributed by atoms with Crippen LogP contribution in [0.4, 0.5) is 0 Å². The van der Waals surface area contributed by atoms with Crippen LogP contribution >= 0.6 is 11.9 Å². The molecule has 1 fully saturated rings. The van der Waals surface area contributed by atoms with E-state index in [1.807, 2.05) is 0 Å². The van der Waals surface area contributed by atoms with Crippen LogP contribution < -0.4 is 0 Å². The van der Waals surface area contributed by atoms with Gasteiger partial charge >= 0.3 is 0 Å². The maximum Gasteiger partial charge on any atom is 0.0553 e. The minimum absolute atomic E-state index is 0.0443. The lowest BCUT2D eigenvalue weighted by Crippen LogP contribution is -2.16. The normalized spacial score (nSPS) is 30.0. The van der Waals surface area contributed by atoms with Crippen molar-refractivity contribution >= 4 is 11.9 Å². The van der Waals surface area contributed by atoms with Crippen molar-refractivity contribution < 1.29 is 5.11 Å². The molecule has 60 valence electrons. The fraction of sp³-hybridized carbons (Fsp3) is 1.00. The molecule has 1 N–H and O–H groups in total. The van der Waals surface area contributed by atoms with Crippen LogP contribution in [-0.2, 0) is 0 Å². The highest BCUT2D eigenvalue weighted by Gasteiger charge is 2.13. The Labute approximate surface area is 66.7 Å². The third-order valence-electron chi connectivity index (χ3n) is 1.91. The molecule has 1 rings (SSSR count). The third kappa shape index (κ3) is 2.48. The first-order valence-corrected chi connectivity index (χ1v) is 4.98. The van der Waals surface area contributed by atoms with Crippen LogP contribution in [0.3, 0.4) is 0 Å². The van der Waals surface area contributed by atoms with Crippen LogP contribution in [0, 0.1) is 0 Å². The van der Waals surface area contributed by atoms with E-state index in [9.17, 15) is 5.11 Å². The monoisotopic (exact) mass is 161 g/mol. The molecule has 0 saturated carbocycles. The summed E-state index contributed by atoms with van der Waals surface area (Å²) < 4.78 is 2.32. The van der Waals surface area contributed by atoms with Gasteiger partial charge in [0.1, 0.15) is 0 Å². The zero-order valence-corrected chi connectivity index (χ0v) is 7.23. The number of nitrogens with zero attached hydrogens (tertiary/aromatic N) is 1. The molecule has 10 heavy (non-hydrogen) atoms. The van der Waals surface area contributed by atoms with Gasteiger partial charge in [0, 0.05) is 13.1 Å². The van der Waals surface area contributed by atoms with Gasteiger partial charge in [0.2, 0.25) is 0 Å². The molecular formula is C7H15NOS. The third-order valence-corrected chi connectivity index (χ3v) is 2.80. The highest BCUT2D eigenvalue weighted by atomic mass is 32.2. The van der Waals surface area contributed by atoms with Gasteiger partial charge in [-0.3, -0.25) is 4.31 Å². The van der Waals surface area contributed by atoms with Crippen LogP contribution in [-0.4, -0.2) is 34.9 Å². The summed E-state index contributed by atoms with van der Waals surface area (Å²) in [7, 11) is 0. The van der Waals surface area contributed by atoms with Crippen molar-refractivity contribution in [3.05, 3.63) is 0 Å². The van der Waals surface area contributed by atoms with E-state index >= 15 is 0 Å². The molecule has 1 aliphatic heterocycles. The fourth-order valence-corrected chi connectivity index (χ4v) is 1.83. The lowest BCUT2D eigenvalue weighted by atomic mass is 10.2. The molecule has 0 bridgehead atoms. The topological polar surface area (TPSA) is 23.5 Å². The van der Waals surface area contributed by atoms with Gasteiger partial charge in [-0.05, 0) is 25.5 Å². The zero-order chi connectivity index (χ0) is 7.40. The van der Waals surface area contributed by atoms with E-state index in [1.54, 1.807) is 11.9 Å². The molecule has 0 spiro atoms. The second-order valence-electron chi connectivity index (χ2n) is 2.70. The Hall–Kier alpha value is 0.270. The van der Waals surface area contributed by atoms with E-state index in [4.69, 9.17) is 0 Å². The van der Waals surface area contributed by atoms with Gasteiger partial charge in [0.15, 0.2) is 0 Å². The van der Waals surface area contributed by atoms with Crippen LogP contribution in [0.25, 0.3) is 0 Å². The first kappa shape index (κ1) is 8.37. The van der Waals surface area contributed by atoms with E-state index < -0.39 is 0 Å². The van der Waals surface area contributed by atoms with Crippen molar-refractivity contribution in [2.24, 2.45) is 0 Å². The maximum absolute atomic E-state index is 9.27. The molecule has 1 saturated heterocycles. The fourth-order valence-electron chi connectivity index (χ4n) is 1.23. The first-order chi connectivity index (χ1) is 4.83. The number of aliphatic hydroxyl groups is 1. The minimum atomic E-state index is -0.0443. The van der Waals surface area contributed by atoms with Crippen LogP contribution in [0.2, 0.25) is 0 Å². The number of hydrogen-bond acceptors (Lipinski definition) is 3. The quantitative estimate of drug-likeness (QED) is 0.583. The summed E-state index contributed by atoms with van der Waals surface area (Å²) in [5.41, 5.74) is 0. The van der Waals surface area contributed by atoms with Crippen LogP contribution in [0.5, 0.6) is 0 Å². The summed E-state index contributed by atoms with van der Waals surface area (Å²) in [5, 5.41) is 9.27. The van der Waals surface area contributed by atoms with Gasteiger partial charge in [0.25, 0.3) is 0 Å². The van der Waals surface area contributed by atoms with E-state index in [-0.39, 0.29) is 6.10 Å². The van der Waals surface area contributed by atoms with Crippen LogP contribution in [0.15, 0.2) is 0 Å². The molecule has 0 aromatic carbocycles. The molecule has 1 aliphatic rings. The highest BCUT2D eigenvalue weighted by molar-refractivity contribution is 7.96. The van der Waals surface area contributed by atoms with Crippen molar-refractivity contribution in [2.45, 2.75) is 25.4 Å². The second-order valence-corrected chi connectivity index (χ2v) is 3.58. The molecule has 0 aromatic heterocycles. The standard InChI is InChI=1S/C7H15NOS/c1-10-8-5-2-3-7(9)4-6-8/h7,9H,2-6H2,1H3/t7-/m0/s1. The Balaban J connectivity index is 2.26.